The molecule has 0 radical (unpaired) electrons. The molecule has 7 heteroatoms. The molecule has 0 atom stereocenters. The number of furan rings is 1. The molecule has 1 aliphatic carbocycles. The largest absolute Gasteiger partial charge is 0.451 e. The number of hydrogen-bond donors (Lipinski definition) is 1. The van der Waals surface area contributed by atoms with E-state index >= 15 is 0 Å². The van der Waals surface area contributed by atoms with Crippen molar-refractivity contribution in [3.8, 4) is 0 Å². The second kappa shape index (κ2) is 7.02. The van der Waals surface area contributed by atoms with E-state index in [9.17, 15) is 9.59 Å². The molecule has 1 aromatic heterocycles. The lowest BCUT2D eigenvalue weighted by Crippen LogP contribution is -2.47. The molecule has 1 saturated carbocycles. The van der Waals surface area contributed by atoms with Gasteiger partial charge in [-0.15, -0.1) is 0 Å². The van der Waals surface area contributed by atoms with Gasteiger partial charge < -0.3 is 14.6 Å². The minimum absolute atomic E-state index is 0.0133. The van der Waals surface area contributed by atoms with Crippen LogP contribution in [0.1, 0.15) is 23.4 Å². The number of piperazine rings is 1. The Hall–Kier alpha value is -1.89. The number of anilines is 1. The smallest absolute Gasteiger partial charge is 0.238 e. The Morgan fingerprint density at radius 2 is 1.96 bits per heavy atom. The number of ketones is 1. The van der Waals surface area contributed by atoms with E-state index in [-0.39, 0.29) is 23.4 Å². The highest BCUT2D eigenvalue weighted by molar-refractivity contribution is 6.31. The molecule has 1 aromatic carbocycles. The predicted octanol–water partition coefficient (Wildman–Crippen LogP) is 2.86. The van der Waals surface area contributed by atoms with Crippen molar-refractivity contribution in [2.45, 2.75) is 12.8 Å². The lowest BCUT2D eigenvalue weighted by atomic mass is 10.1. The zero-order chi connectivity index (χ0) is 18.3. The van der Waals surface area contributed by atoms with Gasteiger partial charge in [0.15, 0.2) is 5.76 Å². The topological polar surface area (TPSA) is 65.8 Å². The summed E-state index contributed by atoms with van der Waals surface area (Å²) in [6.07, 6.45) is 1.76. The summed E-state index contributed by atoms with van der Waals surface area (Å²) in [6.45, 7) is 3.91. The number of nitrogens with one attached hydrogen (secondary N) is 1. The van der Waals surface area contributed by atoms with Crippen LogP contribution in [-0.2, 0) is 4.79 Å². The molecular weight excluding hydrogens is 354 g/mol. The molecule has 0 bridgehead atoms. The van der Waals surface area contributed by atoms with Crippen LogP contribution in [0.15, 0.2) is 22.6 Å². The Kier molecular flexibility index (Phi) is 4.73. The van der Waals surface area contributed by atoms with Crippen molar-refractivity contribution in [2.24, 2.45) is 5.92 Å². The first-order valence-corrected chi connectivity index (χ1v) is 9.36. The van der Waals surface area contributed by atoms with Crippen molar-refractivity contribution in [3.05, 3.63) is 29.0 Å². The van der Waals surface area contributed by atoms with Gasteiger partial charge in [0.2, 0.25) is 11.7 Å². The van der Waals surface area contributed by atoms with Gasteiger partial charge in [-0.1, -0.05) is 11.6 Å². The molecular formula is C19H22ClN3O3. The molecule has 0 spiro atoms. The molecule has 4 rings (SSSR count). The minimum Gasteiger partial charge on any atom is -0.451 e. The maximum Gasteiger partial charge on any atom is 0.238 e. The summed E-state index contributed by atoms with van der Waals surface area (Å²) in [6, 6.07) is 5.18. The third kappa shape index (κ3) is 3.63. The van der Waals surface area contributed by atoms with Crippen LogP contribution in [-0.4, -0.2) is 61.3 Å². The Morgan fingerprint density at radius 1 is 1.23 bits per heavy atom. The molecule has 2 aliphatic rings. The fourth-order valence-electron chi connectivity index (χ4n) is 3.29. The van der Waals surface area contributed by atoms with Crippen LogP contribution in [0.3, 0.4) is 0 Å². The van der Waals surface area contributed by atoms with E-state index in [2.05, 4.69) is 22.2 Å². The van der Waals surface area contributed by atoms with Crippen LogP contribution in [0.4, 0.5) is 5.69 Å². The molecule has 2 aromatic rings. The van der Waals surface area contributed by atoms with E-state index in [0.717, 1.165) is 39.0 Å². The fourth-order valence-corrected chi connectivity index (χ4v) is 3.46. The van der Waals surface area contributed by atoms with Crippen LogP contribution in [0, 0.1) is 5.92 Å². The second-order valence-corrected chi connectivity index (χ2v) is 7.65. The average Bonchev–Trinajstić information content (AvgIpc) is 3.41. The van der Waals surface area contributed by atoms with Crippen molar-refractivity contribution < 1.29 is 14.0 Å². The van der Waals surface area contributed by atoms with Gasteiger partial charge in [0.25, 0.3) is 0 Å². The number of halogens is 1. The Bertz CT molecular complexity index is 851. The number of amides is 1. The van der Waals surface area contributed by atoms with Crippen LogP contribution >= 0.6 is 11.6 Å². The van der Waals surface area contributed by atoms with Gasteiger partial charge in [0.1, 0.15) is 5.58 Å². The first-order chi connectivity index (χ1) is 12.5. The van der Waals surface area contributed by atoms with Gasteiger partial charge in [-0.25, -0.2) is 0 Å². The zero-order valence-corrected chi connectivity index (χ0v) is 15.5. The lowest BCUT2D eigenvalue weighted by molar-refractivity contribution is -0.117. The Labute approximate surface area is 157 Å². The molecule has 1 N–H and O–H groups in total. The summed E-state index contributed by atoms with van der Waals surface area (Å²) in [7, 11) is 2.08. The van der Waals surface area contributed by atoms with Gasteiger partial charge in [0.05, 0.1) is 12.2 Å². The number of likely N-dealkylation sites (N-methyl/N-ethyl adjacent to an activating group) is 1. The van der Waals surface area contributed by atoms with E-state index in [1.54, 1.807) is 18.2 Å². The SMILES string of the molecule is CN1CCN(CC(=O)Nc2c(C(=O)C3CC3)oc3ccc(Cl)cc23)CC1. The highest BCUT2D eigenvalue weighted by Crippen LogP contribution is 2.39. The van der Waals surface area contributed by atoms with E-state index < -0.39 is 0 Å². The molecule has 2 heterocycles. The standard InChI is InChI=1S/C19H22ClN3O3/c1-22-6-8-23(9-7-22)11-16(24)21-17-14-10-13(20)4-5-15(14)26-19(17)18(25)12-2-3-12/h4-5,10,12H,2-3,6-9,11H2,1H3,(H,21,24). The third-order valence-electron chi connectivity index (χ3n) is 5.05. The third-order valence-corrected chi connectivity index (χ3v) is 5.28. The van der Waals surface area contributed by atoms with Crippen molar-refractivity contribution in [1.29, 1.82) is 0 Å². The number of benzene rings is 1. The maximum atomic E-state index is 12.6. The average molecular weight is 376 g/mol. The number of carbonyl (C=O) groups is 2. The Morgan fingerprint density at radius 3 is 2.65 bits per heavy atom. The van der Waals surface area contributed by atoms with Crippen LogP contribution < -0.4 is 5.32 Å². The number of carbonyl (C=O) groups excluding carboxylic acids is 2. The molecule has 1 aliphatic heterocycles. The molecule has 138 valence electrons. The summed E-state index contributed by atoms with van der Waals surface area (Å²) in [5.41, 5.74) is 1.02. The molecule has 2 fully saturated rings. The molecule has 26 heavy (non-hydrogen) atoms. The van der Waals surface area contributed by atoms with E-state index in [1.807, 2.05) is 0 Å². The highest BCUT2D eigenvalue weighted by atomic mass is 35.5. The number of nitrogens with zero attached hydrogens (tertiary/aromatic N) is 2. The van der Waals surface area contributed by atoms with E-state index in [0.29, 0.717) is 28.2 Å². The molecule has 1 amide bonds. The molecule has 1 saturated heterocycles. The number of hydrogen-bond acceptors (Lipinski definition) is 5. The molecule has 0 unspecified atom stereocenters. The monoisotopic (exact) mass is 375 g/mol. The van der Waals surface area contributed by atoms with Gasteiger partial charge >= 0.3 is 0 Å². The summed E-state index contributed by atoms with van der Waals surface area (Å²) >= 11 is 6.11. The zero-order valence-electron chi connectivity index (χ0n) is 14.8. The number of fused-ring (bicyclic) bond motifs is 1. The first-order valence-electron chi connectivity index (χ1n) is 8.98. The Balaban J connectivity index is 1.57. The van der Waals surface area contributed by atoms with Gasteiger partial charge in [0, 0.05) is 42.5 Å². The summed E-state index contributed by atoms with van der Waals surface area (Å²) in [5, 5.41) is 4.13. The van der Waals surface area contributed by atoms with Crippen molar-refractivity contribution >= 4 is 39.9 Å². The normalized spacial score (nSPS) is 19.0. The number of Topliss-reactive ketones (excluding diaryl/α,β-unsaturated/α-hetero) is 1. The maximum absolute atomic E-state index is 12.6. The van der Waals surface area contributed by atoms with Crippen molar-refractivity contribution in [2.75, 3.05) is 45.1 Å². The van der Waals surface area contributed by atoms with E-state index in [1.165, 1.54) is 0 Å². The number of rotatable bonds is 5. The van der Waals surface area contributed by atoms with Crippen LogP contribution in [0.5, 0.6) is 0 Å². The predicted molar refractivity (Wildman–Crippen MR) is 101 cm³/mol. The summed E-state index contributed by atoms with van der Waals surface area (Å²) < 4.78 is 5.78. The van der Waals surface area contributed by atoms with Gasteiger partial charge in [-0.3, -0.25) is 14.5 Å². The van der Waals surface area contributed by atoms with E-state index in [4.69, 9.17) is 16.0 Å². The first kappa shape index (κ1) is 17.5. The molecule has 6 nitrogen and oxygen atoms in total. The highest BCUT2D eigenvalue weighted by Gasteiger charge is 2.35. The van der Waals surface area contributed by atoms with Gasteiger partial charge in [-0.2, -0.15) is 0 Å². The second-order valence-electron chi connectivity index (χ2n) is 7.21. The fraction of sp³-hybridized carbons (Fsp3) is 0.474. The minimum atomic E-state index is -0.137. The van der Waals surface area contributed by atoms with Crippen molar-refractivity contribution in [1.82, 2.24) is 9.80 Å². The van der Waals surface area contributed by atoms with Crippen LogP contribution in [0.2, 0.25) is 5.02 Å². The van der Waals surface area contributed by atoms with Gasteiger partial charge in [-0.05, 0) is 38.1 Å². The quantitative estimate of drug-likeness (QED) is 0.814. The van der Waals surface area contributed by atoms with Crippen molar-refractivity contribution in [3.63, 3.8) is 0 Å². The summed E-state index contributed by atoms with van der Waals surface area (Å²) in [5.74, 6) is 0.0881. The van der Waals surface area contributed by atoms with Crippen LogP contribution in [0.25, 0.3) is 11.0 Å². The lowest BCUT2D eigenvalue weighted by Gasteiger charge is -2.31. The summed E-state index contributed by atoms with van der Waals surface area (Å²) in [4.78, 5) is 29.6.